The molecule has 4 aromatic carbocycles. The van der Waals surface area contributed by atoms with E-state index in [1.54, 1.807) is 22.8 Å². The maximum Gasteiger partial charge on any atom is 0.419 e. The van der Waals surface area contributed by atoms with Crippen molar-refractivity contribution in [3.8, 4) is 11.1 Å². The molecule has 0 spiro atoms. The zero-order chi connectivity index (χ0) is 34.9. The molecule has 0 aliphatic heterocycles. The lowest BCUT2D eigenvalue weighted by Crippen LogP contribution is -2.46. The van der Waals surface area contributed by atoms with Crippen molar-refractivity contribution in [2.24, 2.45) is 0 Å². The quantitative estimate of drug-likeness (QED) is 0.101. The van der Waals surface area contributed by atoms with Crippen molar-refractivity contribution >= 4 is 41.3 Å². The topological polar surface area (TPSA) is 131 Å². The number of anilines is 1. The molecule has 50 heavy (non-hydrogen) atoms. The van der Waals surface area contributed by atoms with E-state index in [1.807, 2.05) is 91.0 Å². The first-order valence-electron chi connectivity index (χ1n) is 16.8. The van der Waals surface area contributed by atoms with Crippen LogP contribution >= 0.6 is 0 Å². The number of carbonyl (C=O) groups excluding carboxylic acids is 2. The average Bonchev–Trinajstić information content (AvgIpc) is 3.45. The van der Waals surface area contributed by atoms with Gasteiger partial charge in [-0.1, -0.05) is 84.9 Å². The van der Waals surface area contributed by atoms with Gasteiger partial charge in [-0.3, -0.25) is 14.3 Å². The van der Waals surface area contributed by atoms with E-state index in [1.165, 1.54) is 4.90 Å². The van der Waals surface area contributed by atoms with Gasteiger partial charge in [0.2, 0.25) is 0 Å². The number of carboxylic acid groups (broad SMARTS) is 1. The number of rotatable bonds is 12. The van der Waals surface area contributed by atoms with Gasteiger partial charge in [0.05, 0.1) is 11.2 Å². The molecule has 1 aromatic heterocycles. The number of benzene rings is 4. The number of hydrogen-bond donors (Lipinski definition) is 2. The highest BCUT2D eigenvalue weighted by Crippen LogP contribution is 2.36. The van der Waals surface area contributed by atoms with Crippen LogP contribution in [0.15, 0.2) is 112 Å². The van der Waals surface area contributed by atoms with Gasteiger partial charge >= 0.3 is 17.9 Å². The van der Waals surface area contributed by atoms with Gasteiger partial charge in [-0.25, -0.2) is 14.4 Å². The molecule has 1 heterocycles. The van der Waals surface area contributed by atoms with Crippen LogP contribution in [0.2, 0.25) is 0 Å². The van der Waals surface area contributed by atoms with Crippen molar-refractivity contribution in [2.75, 3.05) is 4.90 Å². The third-order valence-electron chi connectivity index (χ3n) is 9.06. The summed E-state index contributed by atoms with van der Waals surface area (Å²) in [4.78, 5) is 50.4. The molecule has 5 aromatic rings. The number of aldehydes is 1. The minimum Gasteiger partial charge on any atom is -0.465 e. The number of amides is 2. The number of ether oxygens (including phenoxy) is 1. The van der Waals surface area contributed by atoms with E-state index in [0.717, 1.165) is 22.3 Å². The molecule has 10 heteroatoms. The second-order valence-corrected chi connectivity index (χ2v) is 12.4. The van der Waals surface area contributed by atoms with Gasteiger partial charge in [-0.15, -0.1) is 0 Å². The van der Waals surface area contributed by atoms with E-state index in [0.29, 0.717) is 73.7 Å². The fourth-order valence-corrected chi connectivity index (χ4v) is 6.53. The van der Waals surface area contributed by atoms with Gasteiger partial charge in [0.15, 0.2) is 5.58 Å². The molecule has 0 bridgehead atoms. The molecule has 0 radical (unpaired) electrons. The van der Waals surface area contributed by atoms with Crippen LogP contribution in [0.25, 0.3) is 28.3 Å². The van der Waals surface area contributed by atoms with E-state index in [-0.39, 0.29) is 18.7 Å². The first kappa shape index (κ1) is 34.0. The van der Waals surface area contributed by atoms with Crippen LogP contribution in [0.3, 0.4) is 0 Å². The number of nitrogens with zero attached hydrogens (tertiary/aromatic N) is 2. The Balaban J connectivity index is 1.12. The molecule has 1 aliphatic rings. The van der Waals surface area contributed by atoms with E-state index in [2.05, 4.69) is 5.32 Å². The van der Waals surface area contributed by atoms with Crippen molar-refractivity contribution in [3.05, 3.63) is 130 Å². The summed E-state index contributed by atoms with van der Waals surface area (Å²) in [6, 6.07) is 29.6. The van der Waals surface area contributed by atoms with Crippen LogP contribution in [-0.2, 0) is 17.9 Å². The van der Waals surface area contributed by atoms with Crippen LogP contribution in [0.4, 0.5) is 15.3 Å². The zero-order valence-electron chi connectivity index (χ0n) is 27.6. The largest absolute Gasteiger partial charge is 0.465 e. The maximum absolute atomic E-state index is 12.9. The fraction of sp³-hybridized carbons (Fsp3) is 0.250. The number of oxazole rings is 1. The number of allylic oxidation sites excluding steroid dienone is 1. The van der Waals surface area contributed by atoms with Gasteiger partial charge < -0.3 is 19.6 Å². The summed E-state index contributed by atoms with van der Waals surface area (Å²) in [7, 11) is 0. The molecule has 0 saturated heterocycles. The number of hydrogen-bond acceptors (Lipinski definition) is 6. The average molecular weight is 674 g/mol. The Morgan fingerprint density at radius 3 is 2.36 bits per heavy atom. The van der Waals surface area contributed by atoms with E-state index in [4.69, 9.17) is 9.15 Å². The molecule has 6 rings (SSSR count). The van der Waals surface area contributed by atoms with Gasteiger partial charge in [0.1, 0.15) is 12.9 Å². The van der Waals surface area contributed by atoms with Crippen LogP contribution < -0.4 is 16.0 Å². The highest BCUT2D eigenvalue weighted by Gasteiger charge is 2.32. The molecular weight excluding hydrogens is 634 g/mol. The van der Waals surface area contributed by atoms with Gasteiger partial charge in [0.25, 0.3) is 0 Å². The van der Waals surface area contributed by atoms with Crippen LogP contribution in [0, 0.1) is 0 Å². The summed E-state index contributed by atoms with van der Waals surface area (Å²) in [6.45, 7) is 0.636. The van der Waals surface area contributed by atoms with Gasteiger partial charge in [-0.05, 0) is 79.5 Å². The van der Waals surface area contributed by atoms with Gasteiger partial charge in [-0.2, -0.15) is 0 Å². The highest BCUT2D eigenvalue weighted by molar-refractivity contribution is 5.94. The van der Waals surface area contributed by atoms with Crippen molar-refractivity contribution in [3.63, 3.8) is 0 Å². The summed E-state index contributed by atoms with van der Waals surface area (Å²) in [5, 5.41) is 13.5. The van der Waals surface area contributed by atoms with E-state index >= 15 is 0 Å². The van der Waals surface area contributed by atoms with Crippen molar-refractivity contribution in [1.29, 1.82) is 0 Å². The summed E-state index contributed by atoms with van der Waals surface area (Å²) in [6.07, 6.45) is 6.96. The SMILES string of the molecule is O=Cc1ccc2c(c1)oc(=O)n2CCCC=Cc1ccc(-c2ccccc2)c(N(C(=O)O)C2CCC(NC(=O)OCc3ccccc3)CC2)c1. The van der Waals surface area contributed by atoms with E-state index in [9.17, 15) is 24.3 Å². The molecule has 2 N–H and O–H groups in total. The molecular formula is C40H39N3O7. The Labute approximate surface area is 289 Å². The molecule has 2 amide bonds. The van der Waals surface area contributed by atoms with Crippen molar-refractivity contribution in [1.82, 2.24) is 9.88 Å². The lowest BCUT2D eigenvalue weighted by molar-refractivity contribution is 0.112. The van der Waals surface area contributed by atoms with Crippen molar-refractivity contribution < 1.29 is 28.6 Å². The summed E-state index contributed by atoms with van der Waals surface area (Å²) < 4.78 is 12.3. The minimum absolute atomic E-state index is 0.0993. The molecule has 0 unspecified atom stereocenters. The third kappa shape index (κ3) is 8.20. The number of unbranched alkanes of at least 4 members (excludes halogenated alkanes) is 1. The predicted octanol–water partition coefficient (Wildman–Crippen LogP) is 8.29. The van der Waals surface area contributed by atoms with Crippen LogP contribution in [0.1, 0.15) is 60.0 Å². The number of aromatic nitrogens is 1. The highest BCUT2D eigenvalue weighted by atomic mass is 16.5. The summed E-state index contributed by atoms with van der Waals surface area (Å²) >= 11 is 0. The zero-order valence-corrected chi connectivity index (χ0v) is 27.6. The third-order valence-corrected chi connectivity index (χ3v) is 9.06. The van der Waals surface area contributed by atoms with Crippen LogP contribution in [0.5, 0.6) is 0 Å². The maximum atomic E-state index is 12.9. The molecule has 0 atom stereocenters. The Morgan fingerprint density at radius 2 is 1.64 bits per heavy atom. The number of nitrogens with one attached hydrogen (secondary N) is 1. The Kier molecular flexibility index (Phi) is 10.9. The molecule has 256 valence electrons. The Hall–Kier alpha value is -5.90. The fourth-order valence-electron chi connectivity index (χ4n) is 6.53. The molecule has 1 aliphatic carbocycles. The Morgan fingerprint density at radius 1 is 0.920 bits per heavy atom. The van der Waals surface area contributed by atoms with Gasteiger partial charge in [0, 0.05) is 29.8 Å². The standard InChI is InChI=1S/C40H39N3O7/c44-26-30-16-22-35-37(25-30)50-40(48)42(35)23-9-3-6-10-28-15-21-34(31-13-7-2-8-14-31)36(24-28)43(39(46)47)33-19-17-32(18-20-33)41-38(45)49-27-29-11-4-1-5-12-29/h1-2,4-8,10-16,21-22,24-26,32-33H,3,9,17-20,23,27H2,(H,41,45)(H,46,47). The first-order valence-corrected chi connectivity index (χ1v) is 16.8. The summed E-state index contributed by atoms with van der Waals surface area (Å²) in [5.74, 6) is -0.463. The predicted molar refractivity (Wildman–Crippen MR) is 192 cm³/mol. The van der Waals surface area contributed by atoms with Crippen molar-refractivity contribution in [2.45, 2.75) is 63.8 Å². The number of aryl methyl sites for hydroxylation is 1. The summed E-state index contributed by atoms with van der Waals surface area (Å²) in [5.41, 5.74) is 5.58. The smallest absolute Gasteiger partial charge is 0.419 e. The normalized spacial score (nSPS) is 15.9. The lowest BCUT2D eigenvalue weighted by Gasteiger charge is -2.36. The molecule has 10 nitrogen and oxygen atoms in total. The van der Waals surface area contributed by atoms with Crippen LogP contribution in [-0.4, -0.2) is 40.2 Å². The second-order valence-electron chi connectivity index (χ2n) is 12.4. The number of carbonyl (C=O) groups is 3. The molecule has 1 fully saturated rings. The minimum atomic E-state index is -1.03. The first-order chi connectivity index (χ1) is 24.4. The lowest BCUT2D eigenvalue weighted by atomic mass is 9.89. The second kappa shape index (κ2) is 16.0. The number of fused-ring (bicyclic) bond motifs is 1. The molecule has 1 saturated carbocycles. The monoisotopic (exact) mass is 673 g/mol. The van der Waals surface area contributed by atoms with E-state index < -0.39 is 17.9 Å². The Bertz CT molecular complexity index is 2030. The number of alkyl carbamates (subject to hydrolysis) is 1.